The van der Waals surface area contributed by atoms with Gasteiger partial charge in [-0.3, -0.25) is 9.09 Å². The first-order valence-electron chi connectivity index (χ1n) is 4.67. The third-order valence-electron chi connectivity index (χ3n) is 1.90. The van der Waals surface area contributed by atoms with Gasteiger partial charge < -0.3 is 0 Å². The quantitative estimate of drug-likeness (QED) is 0.739. The summed E-state index contributed by atoms with van der Waals surface area (Å²) >= 11 is 0. The molecular formula is C9H10N4O2. The summed E-state index contributed by atoms with van der Waals surface area (Å²) in [5.41, 5.74) is 0. The van der Waals surface area contributed by atoms with Crippen LogP contribution >= 0.6 is 0 Å². The third-order valence-corrected chi connectivity index (χ3v) is 1.90. The predicted octanol–water partition coefficient (Wildman–Crippen LogP) is 0.703. The highest BCUT2D eigenvalue weighted by Gasteiger charge is 2.13. The first kappa shape index (κ1) is 9.57. The Hall–Kier alpha value is -1.98. The first-order chi connectivity index (χ1) is 7.33. The SMILES string of the molecule is CCCn1c(-c2ncccn2)noc1=O. The first-order valence-corrected chi connectivity index (χ1v) is 4.67. The largest absolute Gasteiger partial charge is 0.441 e. The van der Waals surface area contributed by atoms with E-state index in [9.17, 15) is 4.79 Å². The molecule has 0 aliphatic heterocycles. The molecule has 0 fully saturated rings. The van der Waals surface area contributed by atoms with Gasteiger partial charge in [-0.15, -0.1) is 0 Å². The molecular weight excluding hydrogens is 196 g/mol. The fourth-order valence-corrected chi connectivity index (χ4v) is 1.26. The Morgan fingerprint density at radius 3 is 2.80 bits per heavy atom. The molecule has 0 radical (unpaired) electrons. The van der Waals surface area contributed by atoms with Gasteiger partial charge in [-0.1, -0.05) is 12.1 Å². The van der Waals surface area contributed by atoms with E-state index < -0.39 is 5.76 Å². The van der Waals surface area contributed by atoms with Crippen molar-refractivity contribution in [2.24, 2.45) is 0 Å². The number of hydrogen-bond acceptors (Lipinski definition) is 5. The molecule has 0 aliphatic carbocycles. The minimum absolute atomic E-state index is 0.377. The lowest BCUT2D eigenvalue weighted by Crippen LogP contribution is -2.15. The summed E-state index contributed by atoms with van der Waals surface area (Å²) in [6, 6.07) is 1.70. The highest BCUT2D eigenvalue weighted by atomic mass is 16.5. The maximum absolute atomic E-state index is 11.3. The molecule has 2 rings (SSSR count). The average Bonchev–Trinajstić information content (AvgIpc) is 2.63. The lowest BCUT2D eigenvalue weighted by Gasteiger charge is -1.99. The Balaban J connectivity index is 2.49. The standard InChI is InChI=1S/C9H10N4O2/c1-2-6-13-8(12-15-9(13)14)7-10-4-3-5-11-7/h3-5H,2,6H2,1H3. The van der Waals surface area contributed by atoms with E-state index >= 15 is 0 Å². The van der Waals surface area contributed by atoms with Crippen molar-refractivity contribution < 1.29 is 4.52 Å². The van der Waals surface area contributed by atoms with Gasteiger partial charge in [-0.25, -0.2) is 14.8 Å². The minimum Gasteiger partial charge on any atom is -0.295 e. The second kappa shape index (κ2) is 4.04. The molecule has 6 heteroatoms. The second-order valence-corrected chi connectivity index (χ2v) is 3.00. The summed E-state index contributed by atoms with van der Waals surface area (Å²) in [5, 5.41) is 3.66. The predicted molar refractivity (Wildman–Crippen MR) is 52.1 cm³/mol. The Bertz CT molecular complexity index is 488. The molecule has 0 saturated heterocycles. The maximum atomic E-state index is 11.3. The van der Waals surface area contributed by atoms with Crippen molar-refractivity contribution >= 4 is 0 Å². The van der Waals surface area contributed by atoms with Crippen LogP contribution in [0.15, 0.2) is 27.8 Å². The molecule has 6 nitrogen and oxygen atoms in total. The van der Waals surface area contributed by atoms with Crippen molar-refractivity contribution in [2.45, 2.75) is 19.9 Å². The summed E-state index contributed by atoms with van der Waals surface area (Å²) in [6.45, 7) is 2.52. The van der Waals surface area contributed by atoms with Gasteiger partial charge in [0.05, 0.1) is 0 Å². The van der Waals surface area contributed by atoms with E-state index in [0.29, 0.717) is 18.2 Å². The second-order valence-electron chi connectivity index (χ2n) is 3.00. The summed E-state index contributed by atoms with van der Waals surface area (Å²) in [5.74, 6) is 0.304. The number of rotatable bonds is 3. The van der Waals surface area contributed by atoms with Crippen molar-refractivity contribution in [1.82, 2.24) is 19.7 Å². The molecule has 2 heterocycles. The molecule has 0 aliphatic rings. The van der Waals surface area contributed by atoms with Crippen LogP contribution in [0.1, 0.15) is 13.3 Å². The number of nitrogens with zero attached hydrogens (tertiary/aromatic N) is 4. The van der Waals surface area contributed by atoms with Gasteiger partial charge in [0.25, 0.3) is 0 Å². The van der Waals surface area contributed by atoms with Crippen LogP contribution in [-0.2, 0) is 6.54 Å². The monoisotopic (exact) mass is 206 g/mol. The van der Waals surface area contributed by atoms with E-state index in [-0.39, 0.29) is 0 Å². The van der Waals surface area contributed by atoms with E-state index in [1.54, 1.807) is 18.5 Å². The topological polar surface area (TPSA) is 73.8 Å². The molecule has 2 aromatic rings. The zero-order valence-electron chi connectivity index (χ0n) is 8.25. The van der Waals surface area contributed by atoms with Crippen LogP contribution in [0.2, 0.25) is 0 Å². The maximum Gasteiger partial charge on any atom is 0.441 e. The number of hydrogen-bond donors (Lipinski definition) is 0. The van der Waals surface area contributed by atoms with Gasteiger partial charge >= 0.3 is 5.76 Å². The molecule has 0 saturated carbocycles. The van der Waals surface area contributed by atoms with Gasteiger partial charge in [-0.05, 0) is 12.5 Å². The van der Waals surface area contributed by atoms with Crippen LogP contribution in [-0.4, -0.2) is 19.7 Å². The van der Waals surface area contributed by atoms with Crippen molar-refractivity contribution in [3.05, 3.63) is 29.0 Å². The van der Waals surface area contributed by atoms with Crippen LogP contribution in [0.25, 0.3) is 11.6 Å². The minimum atomic E-state index is -0.473. The molecule has 0 spiro atoms. The van der Waals surface area contributed by atoms with Gasteiger partial charge in [0.1, 0.15) is 0 Å². The van der Waals surface area contributed by atoms with E-state index in [4.69, 9.17) is 0 Å². The molecule has 0 unspecified atom stereocenters. The highest BCUT2D eigenvalue weighted by Crippen LogP contribution is 2.08. The van der Waals surface area contributed by atoms with Gasteiger partial charge in [-0.2, -0.15) is 0 Å². The van der Waals surface area contributed by atoms with E-state index in [1.165, 1.54) is 4.57 Å². The van der Waals surface area contributed by atoms with Crippen LogP contribution in [0.4, 0.5) is 0 Å². The molecule has 78 valence electrons. The summed E-state index contributed by atoms with van der Waals surface area (Å²) < 4.78 is 6.01. The van der Waals surface area contributed by atoms with E-state index in [0.717, 1.165) is 6.42 Å². The molecule has 0 N–H and O–H groups in total. The fraction of sp³-hybridized carbons (Fsp3) is 0.333. The Morgan fingerprint density at radius 2 is 2.13 bits per heavy atom. The van der Waals surface area contributed by atoms with Crippen LogP contribution in [0, 0.1) is 0 Å². The molecule has 2 aromatic heterocycles. The van der Waals surface area contributed by atoms with Gasteiger partial charge in [0, 0.05) is 18.9 Å². The molecule has 0 aromatic carbocycles. The summed E-state index contributed by atoms with van der Waals surface area (Å²) in [7, 11) is 0. The van der Waals surface area contributed by atoms with Crippen molar-refractivity contribution in [2.75, 3.05) is 0 Å². The average molecular weight is 206 g/mol. The van der Waals surface area contributed by atoms with Crippen LogP contribution in [0.3, 0.4) is 0 Å². The smallest absolute Gasteiger partial charge is 0.295 e. The van der Waals surface area contributed by atoms with Gasteiger partial charge in [0.2, 0.25) is 5.82 Å². The summed E-state index contributed by atoms with van der Waals surface area (Å²) in [4.78, 5) is 19.3. The highest BCUT2D eigenvalue weighted by molar-refractivity contribution is 5.41. The lowest BCUT2D eigenvalue weighted by atomic mass is 10.4. The molecule has 15 heavy (non-hydrogen) atoms. The normalized spacial score (nSPS) is 10.5. The van der Waals surface area contributed by atoms with Crippen molar-refractivity contribution in [3.63, 3.8) is 0 Å². The molecule has 0 atom stereocenters. The Kier molecular flexibility index (Phi) is 2.57. The van der Waals surface area contributed by atoms with Crippen molar-refractivity contribution in [1.29, 1.82) is 0 Å². The molecule has 0 amide bonds. The fourth-order valence-electron chi connectivity index (χ4n) is 1.26. The third kappa shape index (κ3) is 1.78. The lowest BCUT2D eigenvalue weighted by molar-refractivity contribution is 0.375. The zero-order valence-corrected chi connectivity index (χ0v) is 8.25. The summed E-state index contributed by atoms with van der Waals surface area (Å²) in [6.07, 6.45) is 4.01. The van der Waals surface area contributed by atoms with Crippen LogP contribution in [0.5, 0.6) is 0 Å². The van der Waals surface area contributed by atoms with Crippen molar-refractivity contribution in [3.8, 4) is 11.6 Å². The van der Waals surface area contributed by atoms with E-state index in [2.05, 4.69) is 19.6 Å². The van der Waals surface area contributed by atoms with E-state index in [1.807, 2.05) is 6.92 Å². The zero-order chi connectivity index (χ0) is 10.7. The Morgan fingerprint density at radius 1 is 1.40 bits per heavy atom. The Labute approximate surface area is 85.6 Å². The van der Waals surface area contributed by atoms with Gasteiger partial charge in [0.15, 0.2) is 5.82 Å². The van der Waals surface area contributed by atoms with Crippen LogP contribution < -0.4 is 5.76 Å². The molecule has 0 bridgehead atoms. The number of aromatic nitrogens is 4.